The van der Waals surface area contributed by atoms with Crippen molar-refractivity contribution in [3.05, 3.63) is 90.9 Å². The highest BCUT2D eigenvalue weighted by Crippen LogP contribution is 2.34. The average molecular weight is 398 g/mol. The minimum absolute atomic E-state index is 0.762. The molecule has 0 saturated heterocycles. The van der Waals surface area contributed by atoms with E-state index in [0.29, 0.717) is 0 Å². The maximum atomic E-state index is 5.41. The van der Waals surface area contributed by atoms with Gasteiger partial charge < -0.3 is 9.14 Å². The van der Waals surface area contributed by atoms with Crippen molar-refractivity contribution < 1.29 is 4.74 Å². The Morgan fingerprint density at radius 2 is 1.79 bits per heavy atom. The molecule has 5 heteroatoms. The van der Waals surface area contributed by atoms with Crippen molar-refractivity contribution in [1.29, 1.82) is 0 Å². The number of aromatic nitrogens is 3. The molecule has 142 valence electrons. The Labute approximate surface area is 173 Å². The fraction of sp³-hybridized carbons (Fsp3) is 0.0833. The molecule has 0 bridgehead atoms. The number of pyridine rings is 2. The Balaban J connectivity index is 1.54. The van der Waals surface area contributed by atoms with Gasteiger partial charge >= 0.3 is 0 Å². The van der Waals surface area contributed by atoms with Crippen LogP contribution in [0.5, 0.6) is 5.75 Å². The molecule has 0 amide bonds. The van der Waals surface area contributed by atoms with Crippen LogP contribution in [0, 0.1) is 0 Å². The van der Waals surface area contributed by atoms with Crippen molar-refractivity contribution in [3.8, 4) is 16.9 Å². The van der Waals surface area contributed by atoms with Crippen LogP contribution in [0.2, 0.25) is 0 Å². The van der Waals surface area contributed by atoms with Crippen molar-refractivity contribution in [3.63, 3.8) is 0 Å². The third-order valence-corrected chi connectivity index (χ3v) is 5.81. The molecule has 0 saturated carbocycles. The summed E-state index contributed by atoms with van der Waals surface area (Å²) in [6.45, 7) is 0. The van der Waals surface area contributed by atoms with E-state index in [0.717, 1.165) is 38.8 Å². The largest absolute Gasteiger partial charge is 0.497 e. The molecule has 5 rings (SSSR count). The van der Waals surface area contributed by atoms with Crippen molar-refractivity contribution in [2.45, 2.75) is 10.8 Å². The molecule has 0 aliphatic carbocycles. The van der Waals surface area contributed by atoms with E-state index >= 15 is 0 Å². The van der Waals surface area contributed by atoms with Crippen molar-refractivity contribution >= 4 is 28.3 Å². The summed E-state index contributed by atoms with van der Waals surface area (Å²) >= 11 is 1.70. The second kappa shape index (κ2) is 7.60. The first-order valence-electron chi connectivity index (χ1n) is 9.40. The van der Waals surface area contributed by atoms with Crippen LogP contribution in [0.3, 0.4) is 0 Å². The van der Waals surface area contributed by atoms with Crippen LogP contribution in [0.1, 0.15) is 5.69 Å². The summed E-state index contributed by atoms with van der Waals surface area (Å²) in [6.07, 6.45) is 4.09. The highest BCUT2D eigenvalue weighted by Gasteiger charge is 2.11. The molecule has 0 fully saturated rings. The number of nitrogens with zero attached hydrogens (tertiary/aromatic N) is 3. The molecule has 3 aromatic heterocycles. The first-order chi connectivity index (χ1) is 14.3. The number of imidazole rings is 1. The molecular formula is C24H19N3OS. The van der Waals surface area contributed by atoms with Gasteiger partial charge in [0.2, 0.25) is 0 Å². The van der Waals surface area contributed by atoms with Gasteiger partial charge in [0, 0.05) is 29.6 Å². The number of ether oxygens (including phenoxy) is 1. The Morgan fingerprint density at radius 3 is 2.62 bits per heavy atom. The van der Waals surface area contributed by atoms with Gasteiger partial charge in [-0.05, 0) is 41.5 Å². The molecule has 4 nitrogen and oxygen atoms in total. The van der Waals surface area contributed by atoms with Gasteiger partial charge in [0.15, 0.2) is 0 Å². The topological polar surface area (TPSA) is 39.4 Å². The average Bonchev–Trinajstić information content (AvgIpc) is 3.20. The third kappa shape index (κ3) is 3.57. The summed E-state index contributed by atoms with van der Waals surface area (Å²) in [4.78, 5) is 9.58. The summed E-state index contributed by atoms with van der Waals surface area (Å²) in [7, 11) is 1.68. The fourth-order valence-corrected chi connectivity index (χ4v) is 4.24. The van der Waals surface area contributed by atoms with E-state index in [-0.39, 0.29) is 0 Å². The van der Waals surface area contributed by atoms with Gasteiger partial charge in [-0.1, -0.05) is 48.2 Å². The standard InChI is InChI=1S/C24H19N3OS/c1-28-19-10-11-20-21(17-7-3-2-4-8-17)14-24(26-22(20)13-19)29-16-18-15-27-12-6-5-9-23(27)25-18/h2-15H,16H2,1H3. The predicted molar refractivity (Wildman–Crippen MR) is 118 cm³/mol. The van der Waals surface area contributed by atoms with Gasteiger partial charge in [-0.15, -0.1) is 0 Å². The molecule has 0 radical (unpaired) electrons. The Kier molecular flexibility index (Phi) is 4.66. The SMILES string of the molecule is COc1ccc2c(-c3ccccc3)cc(SCc3cn4ccccc4n3)nc2c1. The molecular weight excluding hydrogens is 378 g/mol. The number of thioether (sulfide) groups is 1. The van der Waals surface area contributed by atoms with Crippen LogP contribution in [0.25, 0.3) is 27.7 Å². The summed E-state index contributed by atoms with van der Waals surface area (Å²) < 4.78 is 7.46. The summed E-state index contributed by atoms with van der Waals surface area (Å²) in [5.74, 6) is 1.57. The predicted octanol–water partition coefficient (Wildman–Crippen LogP) is 5.85. The smallest absolute Gasteiger partial charge is 0.137 e. The first kappa shape index (κ1) is 17.8. The lowest BCUT2D eigenvalue weighted by molar-refractivity contribution is 0.415. The number of fused-ring (bicyclic) bond motifs is 2. The first-order valence-corrected chi connectivity index (χ1v) is 10.4. The van der Waals surface area contributed by atoms with E-state index in [1.165, 1.54) is 11.1 Å². The summed E-state index contributed by atoms with van der Waals surface area (Å²) in [6, 6.07) is 24.7. The molecule has 0 aliphatic heterocycles. The Bertz CT molecular complexity index is 1260. The van der Waals surface area contributed by atoms with E-state index in [9.17, 15) is 0 Å². The molecule has 0 unspecified atom stereocenters. The van der Waals surface area contributed by atoms with E-state index in [4.69, 9.17) is 14.7 Å². The molecule has 5 aromatic rings. The third-order valence-electron chi connectivity index (χ3n) is 4.86. The van der Waals surface area contributed by atoms with E-state index in [1.54, 1.807) is 18.9 Å². The van der Waals surface area contributed by atoms with E-state index in [1.807, 2.05) is 47.0 Å². The second-order valence-corrected chi connectivity index (χ2v) is 7.74. The number of benzene rings is 2. The molecule has 0 atom stereocenters. The molecule has 2 aromatic carbocycles. The number of methoxy groups -OCH3 is 1. The monoisotopic (exact) mass is 397 g/mol. The van der Waals surface area contributed by atoms with Crippen LogP contribution < -0.4 is 4.74 Å². The van der Waals surface area contributed by atoms with Crippen molar-refractivity contribution in [1.82, 2.24) is 14.4 Å². The van der Waals surface area contributed by atoms with Crippen molar-refractivity contribution in [2.24, 2.45) is 0 Å². The van der Waals surface area contributed by atoms with Gasteiger partial charge in [0.1, 0.15) is 11.4 Å². The van der Waals surface area contributed by atoms with Gasteiger partial charge in [0.05, 0.1) is 23.3 Å². The number of hydrogen-bond acceptors (Lipinski definition) is 4. The molecule has 29 heavy (non-hydrogen) atoms. The fourth-order valence-electron chi connectivity index (χ4n) is 3.45. The maximum Gasteiger partial charge on any atom is 0.137 e. The Hall–Kier alpha value is -3.31. The lowest BCUT2D eigenvalue weighted by Crippen LogP contribution is -1.91. The molecule has 3 heterocycles. The van der Waals surface area contributed by atoms with Gasteiger partial charge in [-0.25, -0.2) is 9.97 Å². The molecule has 0 N–H and O–H groups in total. The lowest BCUT2D eigenvalue weighted by atomic mass is 10.0. The second-order valence-electron chi connectivity index (χ2n) is 6.74. The normalized spacial score (nSPS) is 11.2. The van der Waals surface area contributed by atoms with Crippen LogP contribution in [0.15, 0.2) is 90.2 Å². The zero-order valence-corrected chi connectivity index (χ0v) is 16.8. The highest BCUT2D eigenvalue weighted by molar-refractivity contribution is 7.98. The summed E-state index contributed by atoms with van der Waals surface area (Å²) in [5.41, 5.74) is 5.29. The van der Waals surface area contributed by atoms with Crippen molar-refractivity contribution in [2.75, 3.05) is 7.11 Å². The summed E-state index contributed by atoms with van der Waals surface area (Å²) in [5, 5.41) is 2.09. The van der Waals surface area contributed by atoms with E-state index in [2.05, 4.69) is 42.6 Å². The molecule has 0 spiro atoms. The quantitative estimate of drug-likeness (QED) is 0.349. The van der Waals surface area contributed by atoms with Crippen LogP contribution >= 0.6 is 11.8 Å². The van der Waals surface area contributed by atoms with Gasteiger partial charge in [-0.3, -0.25) is 0 Å². The minimum Gasteiger partial charge on any atom is -0.497 e. The number of hydrogen-bond donors (Lipinski definition) is 0. The van der Waals surface area contributed by atoms with Crippen LogP contribution in [0.4, 0.5) is 0 Å². The number of rotatable bonds is 5. The minimum atomic E-state index is 0.762. The molecule has 0 aliphatic rings. The zero-order chi connectivity index (χ0) is 19.6. The van der Waals surface area contributed by atoms with Gasteiger partial charge in [0.25, 0.3) is 0 Å². The highest BCUT2D eigenvalue weighted by atomic mass is 32.2. The Morgan fingerprint density at radius 1 is 0.931 bits per heavy atom. The van der Waals surface area contributed by atoms with Crippen LogP contribution in [-0.2, 0) is 5.75 Å². The maximum absolute atomic E-state index is 5.41. The zero-order valence-electron chi connectivity index (χ0n) is 15.9. The van der Waals surface area contributed by atoms with Crippen LogP contribution in [-0.4, -0.2) is 21.5 Å². The van der Waals surface area contributed by atoms with E-state index < -0.39 is 0 Å². The lowest BCUT2D eigenvalue weighted by Gasteiger charge is -2.11. The van der Waals surface area contributed by atoms with Gasteiger partial charge in [-0.2, -0.15) is 0 Å².